The number of carbonyl (C=O) groups excluding carboxylic acids is 1. The molecule has 0 atom stereocenters. The van der Waals surface area contributed by atoms with Crippen LogP contribution < -0.4 is 10.3 Å². The number of ether oxygens (including phenoxy) is 1. The molecule has 2 rings (SSSR count). The van der Waals surface area contributed by atoms with Crippen LogP contribution in [0.15, 0.2) is 47.4 Å². The number of rotatable bonds is 5. The van der Waals surface area contributed by atoms with Crippen molar-refractivity contribution in [3.05, 3.63) is 64.3 Å². The van der Waals surface area contributed by atoms with Gasteiger partial charge in [0.05, 0.1) is 6.54 Å². The van der Waals surface area contributed by atoms with Gasteiger partial charge in [-0.2, -0.15) is 0 Å². The van der Waals surface area contributed by atoms with Crippen LogP contribution in [0.5, 0.6) is 5.75 Å². The summed E-state index contributed by atoms with van der Waals surface area (Å²) >= 11 is 0. The number of hydrogen-bond donors (Lipinski definition) is 0. The number of halogens is 1. The summed E-state index contributed by atoms with van der Waals surface area (Å²) < 4.78 is 20.0. The molecule has 0 N–H and O–H groups in total. The smallest absolute Gasteiger partial charge is 0.250 e. The fraction of sp³-hybridized carbons (Fsp3) is 0.143. The summed E-state index contributed by atoms with van der Waals surface area (Å²) in [6.07, 6.45) is 2.20. The first-order valence-corrected chi connectivity index (χ1v) is 5.73. The van der Waals surface area contributed by atoms with Crippen LogP contribution in [0.3, 0.4) is 0 Å². The van der Waals surface area contributed by atoms with Crippen LogP contribution in [0.2, 0.25) is 0 Å². The lowest BCUT2D eigenvalue weighted by atomic mass is 10.2. The Bertz CT molecular complexity index is 637. The number of hydrogen-bond acceptors (Lipinski definition) is 3. The first-order valence-electron chi connectivity index (χ1n) is 5.73. The van der Waals surface area contributed by atoms with Gasteiger partial charge < -0.3 is 9.30 Å². The van der Waals surface area contributed by atoms with E-state index in [1.165, 1.54) is 22.8 Å². The molecule has 0 amide bonds. The van der Waals surface area contributed by atoms with E-state index >= 15 is 0 Å². The average molecular weight is 261 g/mol. The van der Waals surface area contributed by atoms with Crippen LogP contribution in [0, 0.1) is 5.82 Å². The molecule has 4 nitrogen and oxygen atoms in total. The Balaban J connectivity index is 2.00. The fourth-order valence-corrected chi connectivity index (χ4v) is 1.64. The molecule has 98 valence electrons. The molecule has 0 radical (unpaired) electrons. The number of carbonyl (C=O) groups is 1. The van der Waals surface area contributed by atoms with E-state index in [1.54, 1.807) is 18.3 Å². The third-order valence-corrected chi connectivity index (χ3v) is 2.53. The third-order valence-electron chi connectivity index (χ3n) is 2.53. The quantitative estimate of drug-likeness (QED) is 0.772. The molecule has 0 aliphatic carbocycles. The van der Waals surface area contributed by atoms with Crippen molar-refractivity contribution in [3.8, 4) is 5.75 Å². The largest absolute Gasteiger partial charge is 0.492 e. The van der Waals surface area contributed by atoms with E-state index < -0.39 is 5.82 Å². The van der Waals surface area contributed by atoms with E-state index in [2.05, 4.69) is 0 Å². The van der Waals surface area contributed by atoms with Crippen molar-refractivity contribution in [2.24, 2.45) is 0 Å². The molecule has 5 heteroatoms. The summed E-state index contributed by atoms with van der Waals surface area (Å²) in [6.45, 7) is 0.568. The Hall–Kier alpha value is -2.43. The molecule has 0 unspecified atom stereocenters. The van der Waals surface area contributed by atoms with Gasteiger partial charge in [0, 0.05) is 23.9 Å². The van der Waals surface area contributed by atoms with E-state index in [4.69, 9.17) is 4.74 Å². The number of nitrogens with zero attached hydrogens (tertiary/aromatic N) is 1. The van der Waals surface area contributed by atoms with Crippen LogP contribution >= 0.6 is 0 Å². The first-order chi connectivity index (χ1) is 9.19. The van der Waals surface area contributed by atoms with Gasteiger partial charge in [0.2, 0.25) is 0 Å². The Morgan fingerprint density at radius 3 is 2.84 bits per heavy atom. The minimum Gasteiger partial charge on any atom is -0.492 e. The second kappa shape index (κ2) is 5.95. The Labute approximate surface area is 109 Å². The Kier molecular flexibility index (Phi) is 4.07. The van der Waals surface area contributed by atoms with Crippen LogP contribution in [-0.4, -0.2) is 17.5 Å². The fourth-order valence-electron chi connectivity index (χ4n) is 1.64. The molecule has 0 spiro atoms. The Morgan fingerprint density at radius 2 is 2.11 bits per heavy atom. The summed E-state index contributed by atoms with van der Waals surface area (Å²) in [5.41, 5.74) is 0.0887. The molecule has 0 aliphatic heterocycles. The van der Waals surface area contributed by atoms with Gasteiger partial charge in [0.25, 0.3) is 5.56 Å². The summed E-state index contributed by atoms with van der Waals surface area (Å²) in [6, 6.07) is 8.62. The van der Waals surface area contributed by atoms with E-state index in [0.29, 0.717) is 12.8 Å². The standard InChI is InChI=1S/C14H12FNO3/c15-12-7-11(10-17)8-13(9-12)19-6-5-16-4-2-1-3-14(16)18/h1-4,7-10H,5-6H2. The summed E-state index contributed by atoms with van der Waals surface area (Å²) in [4.78, 5) is 22.0. The van der Waals surface area contributed by atoms with Crippen LogP contribution in [-0.2, 0) is 6.54 Å². The van der Waals surface area contributed by atoms with Crippen molar-refractivity contribution in [3.63, 3.8) is 0 Å². The molecule has 2 aromatic rings. The van der Waals surface area contributed by atoms with E-state index in [0.717, 1.165) is 6.07 Å². The highest BCUT2D eigenvalue weighted by Gasteiger charge is 2.01. The maximum atomic E-state index is 13.1. The van der Waals surface area contributed by atoms with Crippen molar-refractivity contribution in [2.75, 3.05) is 6.61 Å². The number of aromatic nitrogens is 1. The molecule has 19 heavy (non-hydrogen) atoms. The summed E-state index contributed by atoms with van der Waals surface area (Å²) in [7, 11) is 0. The SMILES string of the molecule is O=Cc1cc(F)cc(OCCn2ccccc2=O)c1. The average Bonchev–Trinajstić information content (AvgIpc) is 2.40. The van der Waals surface area contributed by atoms with Gasteiger partial charge in [-0.3, -0.25) is 9.59 Å². The zero-order chi connectivity index (χ0) is 13.7. The minimum absolute atomic E-state index is 0.126. The second-order valence-corrected chi connectivity index (χ2v) is 3.92. The molecule has 0 saturated heterocycles. The Morgan fingerprint density at radius 1 is 1.26 bits per heavy atom. The molecule has 1 aromatic heterocycles. The van der Waals surface area contributed by atoms with Gasteiger partial charge in [-0.25, -0.2) is 4.39 Å². The monoisotopic (exact) mass is 261 g/mol. The van der Waals surface area contributed by atoms with Crippen LogP contribution in [0.25, 0.3) is 0 Å². The highest BCUT2D eigenvalue weighted by molar-refractivity contribution is 5.75. The third kappa shape index (κ3) is 3.51. The predicted molar refractivity (Wildman–Crippen MR) is 68.0 cm³/mol. The first kappa shape index (κ1) is 13.0. The van der Waals surface area contributed by atoms with Crippen LogP contribution in [0.4, 0.5) is 4.39 Å². The van der Waals surface area contributed by atoms with Crippen molar-refractivity contribution < 1.29 is 13.9 Å². The highest BCUT2D eigenvalue weighted by atomic mass is 19.1. The lowest BCUT2D eigenvalue weighted by Gasteiger charge is -2.08. The molecule has 1 heterocycles. The van der Waals surface area contributed by atoms with Gasteiger partial charge >= 0.3 is 0 Å². The zero-order valence-corrected chi connectivity index (χ0v) is 10.1. The maximum Gasteiger partial charge on any atom is 0.250 e. The summed E-state index contributed by atoms with van der Waals surface area (Å²) in [5.74, 6) is -0.262. The topological polar surface area (TPSA) is 48.3 Å². The zero-order valence-electron chi connectivity index (χ0n) is 10.1. The minimum atomic E-state index is -0.531. The molecule has 0 fully saturated rings. The van der Waals surface area contributed by atoms with Crippen molar-refractivity contribution in [1.82, 2.24) is 4.57 Å². The molecular weight excluding hydrogens is 249 g/mol. The maximum absolute atomic E-state index is 13.1. The molecule has 1 aromatic carbocycles. The van der Waals surface area contributed by atoms with E-state index in [1.807, 2.05) is 0 Å². The molecular formula is C14H12FNO3. The lowest BCUT2D eigenvalue weighted by molar-refractivity contribution is 0.112. The molecule has 0 saturated carbocycles. The normalized spacial score (nSPS) is 10.2. The van der Waals surface area contributed by atoms with Gasteiger partial charge in [-0.15, -0.1) is 0 Å². The predicted octanol–water partition coefficient (Wildman–Crippen LogP) is 1.88. The number of pyridine rings is 1. The van der Waals surface area contributed by atoms with Gasteiger partial charge in [0.1, 0.15) is 24.5 Å². The van der Waals surface area contributed by atoms with E-state index in [-0.39, 0.29) is 23.5 Å². The summed E-state index contributed by atoms with van der Waals surface area (Å²) in [5, 5.41) is 0. The molecule has 0 bridgehead atoms. The van der Waals surface area contributed by atoms with Gasteiger partial charge in [0.15, 0.2) is 0 Å². The number of benzene rings is 1. The van der Waals surface area contributed by atoms with Crippen LogP contribution in [0.1, 0.15) is 10.4 Å². The van der Waals surface area contributed by atoms with E-state index in [9.17, 15) is 14.0 Å². The lowest BCUT2D eigenvalue weighted by Crippen LogP contribution is -2.21. The van der Waals surface area contributed by atoms with Crippen molar-refractivity contribution in [1.29, 1.82) is 0 Å². The number of aldehydes is 1. The van der Waals surface area contributed by atoms with Gasteiger partial charge in [-0.1, -0.05) is 6.07 Å². The highest BCUT2D eigenvalue weighted by Crippen LogP contribution is 2.15. The molecule has 0 aliphatic rings. The second-order valence-electron chi connectivity index (χ2n) is 3.92. The van der Waals surface area contributed by atoms with Gasteiger partial charge in [-0.05, 0) is 18.2 Å². The van der Waals surface area contributed by atoms with Crippen molar-refractivity contribution in [2.45, 2.75) is 6.54 Å². The van der Waals surface area contributed by atoms with Crippen molar-refractivity contribution >= 4 is 6.29 Å².